The van der Waals surface area contributed by atoms with Crippen LogP contribution in [0.4, 0.5) is 4.79 Å². The maximum atomic E-state index is 13.4. The van der Waals surface area contributed by atoms with Gasteiger partial charge >= 0.3 is 12.0 Å². The Morgan fingerprint density at radius 3 is 2.30 bits per heavy atom. The van der Waals surface area contributed by atoms with Crippen molar-refractivity contribution in [2.75, 3.05) is 47.0 Å². The van der Waals surface area contributed by atoms with Crippen molar-refractivity contribution in [2.45, 2.75) is 52.2 Å². The van der Waals surface area contributed by atoms with Crippen LogP contribution in [-0.2, 0) is 33.8 Å². The van der Waals surface area contributed by atoms with Crippen LogP contribution in [0.5, 0.6) is 17.2 Å². The Balaban J connectivity index is 1.19. The molecular formula is C37H47N3O7. The average Bonchev–Trinajstić information content (AvgIpc) is 3.08. The van der Waals surface area contributed by atoms with Crippen LogP contribution in [0, 0.1) is 5.92 Å². The van der Waals surface area contributed by atoms with E-state index >= 15 is 0 Å². The highest BCUT2D eigenvalue weighted by Gasteiger charge is 2.38. The van der Waals surface area contributed by atoms with Gasteiger partial charge in [-0.05, 0) is 72.6 Å². The zero-order valence-electron chi connectivity index (χ0n) is 27.9. The van der Waals surface area contributed by atoms with Crippen LogP contribution in [-0.4, -0.2) is 80.8 Å². The quantitative estimate of drug-likeness (QED) is 0.158. The second-order valence-electron chi connectivity index (χ2n) is 11.9. The van der Waals surface area contributed by atoms with Gasteiger partial charge < -0.3 is 34.1 Å². The van der Waals surface area contributed by atoms with Gasteiger partial charge in [0.2, 0.25) is 5.91 Å². The summed E-state index contributed by atoms with van der Waals surface area (Å²) in [5, 5.41) is 2.85. The van der Waals surface area contributed by atoms with Gasteiger partial charge in [0.25, 0.3) is 0 Å². The first-order valence-corrected chi connectivity index (χ1v) is 16.2. The van der Waals surface area contributed by atoms with Crippen LogP contribution in [0.2, 0.25) is 0 Å². The highest BCUT2D eigenvalue weighted by atomic mass is 16.5. The summed E-state index contributed by atoms with van der Waals surface area (Å²) in [6.45, 7) is 5.31. The molecule has 1 aliphatic rings. The van der Waals surface area contributed by atoms with E-state index in [9.17, 15) is 14.4 Å². The predicted octanol–water partition coefficient (Wildman–Crippen LogP) is 5.27. The number of hydrogen-bond acceptors (Lipinski definition) is 7. The minimum absolute atomic E-state index is 0.0885. The normalized spacial score (nSPS) is 13.7. The van der Waals surface area contributed by atoms with Crippen LogP contribution in [0.1, 0.15) is 43.4 Å². The monoisotopic (exact) mass is 645 g/mol. The van der Waals surface area contributed by atoms with Gasteiger partial charge in [-0.1, -0.05) is 62.4 Å². The molecule has 3 aromatic rings. The van der Waals surface area contributed by atoms with E-state index < -0.39 is 12.0 Å². The molecule has 1 atom stereocenters. The fourth-order valence-electron chi connectivity index (χ4n) is 5.70. The molecule has 3 amide bonds. The molecule has 0 bridgehead atoms. The lowest BCUT2D eigenvalue weighted by molar-refractivity contribution is -0.152. The van der Waals surface area contributed by atoms with Crippen molar-refractivity contribution < 1.29 is 33.3 Å². The fourth-order valence-corrected chi connectivity index (χ4v) is 5.70. The van der Waals surface area contributed by atoms with Crippen molar-refractivity contribution >= 4 is 17.9 Å². The summed E-state index contributed by atoms with van der Waals surface area (Å²) >= 11 is 0. The van der Waals surface area contributed by atoms with Crippen LogP contribution in [0.15, 0.2) is 72.8 Å². The smallest absolute Gasteiger partial charge is 0.329 e. The number of carbonyl (C=O) groups is 3. The largest absolute Gasteiger partial charge is 0.493 e. The van der Waals surface area contributed by atoms with Gasteiger partial charge in [0.1, 0.15) is 31.5 Å². The number of nitrogens with one attached hydrogen (secondary N) is 1. The molecule has 10 heteroatoms. The van der Waals surface area contributed by atoms with Crippen molar-refractivity contribution in [2.24, 2.45) is 5.92 Å². The van der Waals surface area contributed by atoms with Gasteiger partial charge in [0.15, 0.2) is 11.5 Å². The Kier molecular flexibility index (Phi) is 13.3. The van der Waals surface area contributed by atoms with E-state index in [4.69, 9.17) is 18.9 Å². The SMILES string of the molecule is COc1ccc(CCCc2cccc(OCCNC(=O)CN3CCCN([C@H](C(=O)OCc4ccccc4)C(C)C)C3=O)c2)cc1OC. The number of aryl methyl sites for hydroxylation is 2. The third kappa shape index (κ3) is 10.4. The predicted molar refractivity (Wildman–Crippen MR) is 180 cm³/mol. The Morgan fingerprint density at radius 1 is 0.851 bits per heavy atom. The molecule has 10 nitrogen and oxygen atoms in total. The van der Waals surface area contributed by atoms with E-state index in [1.165, 1.54) is 16.0 Å². The van der Waals surface area contributed by atoms with Crippen LogP contribution in [0.3, 0.4) is 0 Å². The summed E-state index contributed by atoms with van der Waals surface area (Å²) in [6.07, 6.45) is 3.42. The highest BCUT2D eigenvalue weighted by molar-refractivity contribution is 5.87. The molecule has 0 aromatic heterocycles. The first kappa shape index (κ1) is 35.1. The lowest BCUT2D eigenvalue weighted by Gasteiger charge is -2.40. The van der Waals surface area contributed by atoms with E-state index in [2.05, 4.69) is 17.4 Å². The topological polar surface area (TPSA) is 107 Å². The third-order valence-electron chi connectivity index (χ3n) is 8.08. The zero-order valence-corrected chi connectivity index (χ0v) is 27.9. The fraction of sp³-hybridized carbons (Fsp3) is 0.432. The van der Waals surface area contributed by atoms with E-state index in [-0.39, 0.29) is 31.0 Å². The molecule has 0 aliphatic carbocycles. The molecule has 1 saturated heterocycles. The molecule has 1 N–H and O–H groups in total. The second kappa shape index (κ2) is 17.8. The number of esters is 1. The standard InChI is InChI=1S/C37H47N3O7/c1-27(2)35(36(42)47-26-30-11-6-5-7-12-30)40-21-10-20-39(37(40)43)25-34(41)38-19-22-46-31-16-9-15-28(23-31)13-8-14-29-17-18-32(44-3)33(24-29)45-4/h5-7,9,11-12,15-18,23-24,27,35H,8,10,13-14,19-22,25-26H2,1-4H3,(H,38,41)/t35-/m0/s1. The number of urea groups is 1. The molecule has 1 fully saturated rings. The minimum Gasteiger partial charge on any atom is -0.493 e. The Hall–Kier alpha value is -4.73. The summed E-state index contributed by atoms with van der Waals surface area (Å²) < 4.78 is 22.2. The number of nitrogens with zero attached hydrogens (tertiary/aromatic N) is 2. The summed E-state index contributed by atoms with van der Waals surface area (Å²) in [7, 11) is 3.27. The van der Waals surface area contributed by atoms with Crippen molar-refractivity contribution in [3.8, 4) is 17.2 Å². The number of hydrogen-bond donors (Lipinski definition) is 1. The molecule has 0 spiro atoms. The number of carbonyl (C=O) groups excluding carboxylic acids is 3. The summed E-state index contributed by atoms with van der Waals surface area (Å²) in [4.78, 5) is 42.2. The summed E-state index contributed by atoms with van der Waals surface area (Å²) in [6, 6.07) is 22.3. The number of amides is 3. The van der Waals surface area contributed by atoms with Gasteiger partial charge in [-0.25, -0.2) is 9.59 Å². The number of ether oxygens (including phenoxy) is 4. The molecule has 252 valence electrons. The highest BCUT2D eigenvalue weighted by Crippen LogP contribution is 2.28. The molecule has 1 aliphatic heterocycles. The van der Waals surface area contributed by atoms with Crippen LogP contribution in [0.25, 0.3) is 0 Å². The number of rotatable bonds is 17. The van der Waals surface area contributed by atoms with Crippen molar-refractivity contribution in [3.05, 3.63) is 89.5 Å². The summed E-state index contributed by atoms with van der Waals surface area (Å²) in [5.74, 6) is 1.32. The maximum Gasteiger partial charge on any atom is 0.329 e. The van der Waals surface area contributed by atoms with Crippen LogP contribution >= 0.6 is 0 Å². The van der Waals surface area contributed by atoms with Gasteiger partial charge in [0.05, 0.1) is 20.8 Å². The number of benzene rings is 3. The van der Waals surface area contributed by atoms with Crippen molar-refractivity contribution in [1.82, 2.24) is 15.1 Å². The van der Waals surface area contributed by atoms with E-state index in [0.717, 1.165) is 42.1 Å². The minimum atomic E-state index is -0.729. The van der Waals surface area contributed by atoms with Gasteiger partial charge in [-0.15, -0.1) is 0 Å². The Morgan fingerprint density at radius 2 is 1.57 bits per heavy atom. The lowest BCUT2D eigenvalue weighted by atomic mass is 10.0. The lowest BCUT2D eigenvalue weighted by Crippen LogP contribution is -2.58. The molecule has 3 aromatic carbocycles. The van der Waals surface area contributed by atoms with Gasteiger partial charge in [-0.2, -0.15) is 0 Å². The molecule has 47 heavy (non-hydrogen) atoms. The van der Waals surface area contributed by atoms with E-state index in [1.54, 1.807) is 19.1 Å². The zero-order chi connectivity index (χ0) is 33.6. The number of methoxy groups -OCH3 is 2. The Labute approximate surface area is 277 Å². The molecule has 0 saturated carbocycles. The van der Waals surface area contributed by atoms with Crippen LogP contribution < -0.4 is 19.5 Å². The van der Waals surface area contributed by atoms with Crippen molar-refractivity contribution in [3.63, 3.8) is 0 Å². The Bertz CT molecular complexity index is 1460. The average molecular weight is 646 g/mol. The first-order chi connectivity index (χ1) is 22.8. The van der Waals surface area contributed by atoms with Gasteiger partial charge in [-0.3, -0.25) is 4.79 Å². The van der Waals surface area contributed by atoms with Gasteiger partial charge in [0, 0.05) is 13.1 Å². The molecule has 0 unspecified atom stereocenters. The van der Waals surface area contributed by atoms with E-state index in [1.807, 2.05) is 74.5 Å². The maximum absolute atomic E-state index is 13.4. The van der Waals surface area contributed by atoms with E-state index in [0.29, 0.717) is 32.7 Å². The first-order valence-electron chi connectivity index (χ1n) is 16.2. The van der Waals surface area contributed by atoms with Crippen molar-refractivity contribution in [1.29, 1.82) is 0 Å². The molecular weight excluding hydrogens is 598 g/mol. The molecule has 4 rings (SSSR count). The molecule has 1 heterocycles. The third-order valence-corrected chi connectivity index (χ3v) is 8.08. The summed E-state index contributed by atoms with van der Waals surface area (Å²) in [5.41, 5.74) is 3.24. The second-order valence-corrected chi connectivity index (χ2v) is 11.9. The molecule has 0 radical (unpaired) electrons.